The van der Waals surface area contributed by atoms with Crippen molar-refractivity contribution in [1.29, 1.82) is 0 Å². The lowest BCUT2D eigenvalue weighted by atomic mass is 10.1. The molecule has 1 fully saturated rings. The summed E-state index contributed by atoms with van der Waals surface area (Å²) in [6, 6.07) is 11.7. The van der Waals surface area contributed by atoms with Gasteiger partial charge in [0.15, 0.2) is 6.10 Å². The fourth-order valence-electron chi connectivity index (χ4n) is 3.63. The lowest BCUT2D eigenvalue weighted by Gasteiger charge is -2.35. The summed E-state index contributed by atoms with van der Waals surface area (Å²) in [5, 5.41) is 9.57. The Hall–Kier alpha value is -2.95. The number of benzene rings is 2. The van der Waals surface area contributed by atoms with Crippen molar-refractivity contribution < 1.29 is 27.9 Å². The average Bonchev–Trinajstić information content (AvgIpc) is 2.83. The number of sulfonamides is 1. The van der Waals surface area contributed by atoms with Crippen LogP contribution >= 0.6 is 0 Å². The molecule has 1 saturated heterocycles. The van der Waals surface area contributed by atoms with Gasteiger partial charge in [0.05, 0.1) is 16.6 Å². The number of aliphatic hydroxyl groups excluding tert-OH is 1. The number of nitrogens with one attached hydrogen (secondary N) is 1. The molecule has 1 aliphatic heterocycles. The number of carbonyl (C=O) groups is 2. The van der Waals surface area contributed by atoms with E-state index in [0.29, 0.717) is 18.7 Å². The van der Waals surface area contributed by atoms with Gasteiger partial charge in [-0.3, -0.25) is 9.52 Å². The first kappa shape index (κ1) is 25.7. The van der Waals surface area contributed by atoms with Gasteiger partial charge in [0.1, 0.15) is 0 Å². The Morgan fingerprint density at radius 2 is 1.59 bits per heavy atom. The predicted molar refractivity (Wildman–Crippen MR) is 128 cm³/mol. The Balaban J connectivity index is 1.58. The molecule has 10 heteroatoms. The van der Waals surface area contributed by atoms with Gasteiger partial charge in [0.25, 0.3) is 15.9 Å². The molecule has 1 amide bonds. The molecule has 2 N–H and O–H groups in total. The van der Waals surface area contributed by atoms with E-state index in [2.05, 4.69) is 16.5 Å². The second-order valence-electron chi connectivity index (χ2n) is 8.23. The van der Waals surface area contributed by atoms with Crippen LogP contribution in [0.4, 0.5) is 5.69 Å². The second-order valence-corrected chi connectivity index (χ2v) is 9.92. The summed E-state index contributed by atoms with van der Waals surface area (Å²) < 4.78 is 33.0. The minimum atomic E-state index is -3.84. The highest BCUT2D eigenvalue weighted by molar-refractivity contribution is 7.92. The number of piperazine rings is 1. The van der Waals surface area contributed by atoms with E-state index in [4.69, 9.17) is 4.74 Å². The first-order valence-corrected chi connectivity index (χ1v) is 12.7. The van der Waals surface area contributed by atoms with Crippen molar-refractivity contribution in [3.8, 4) is 0 Å². The number of rotatable bonds is 8. The highest BCUT2D eigenvalue weighted by Crippen LogP contribution is 2.20. The zero-order valence-electron chi connectivity index (χ0n) is 19.6. The van der Waals surface area contributed by atoms with Crippen LogP contribution in [0, 0.1) is 0 Å². The molecule has 2 atom stereocenters. The topological polar surface area (TPSA) is 116 Å². The van der Waals surface area contributed by atoms with E-state index < -0.39 is 28.2 Å². The van der Waals surface area contributed by atoms with Gasteiger partial charge in [-0.25, -0.2) is 13.2 Å². The molecule has 3 rings (SSSR count). The maximum Gasteiger partial charge on any atom is 0.338 e. The molecule has 9 nitrogen and oxygen atoms in total. The molecule has 0 unspecified atom stereocenters. The van der Waals surface area contributed by atoms with Crippen molar-refractivity contribution in [3.63, 3.8) is 0 Å². The quantitative estimate of drug-likeness (QED) is 0.546. The second kappa shape index (κ2) is 11.0. The van der Waals surface area contributed by atoms with Gasteiger partial charge >= 0.3 is 5.97 Å². The molecule has 0 saturated carbocycles. The van der Waals surface area contributed by atoms with Crippen LogP contribution in [0.1, 0.15) is 42.8 Å². The Morgan fingerprint density at radius 3 is 2.12 bits per heavy atom. The molecular weight excluding hydrogens is 458 g/mol. The van der Waals surface area contributed by atoms with E-state index in [1.54, 1.807) is 30.9 Å². The van der Waals surface area contributed by atoms with Crippen LogP contribution in [0.3, 0.4) is 0 Å². The van der Waals surface area contributed by atoms with E-state index in [-0.39, 0.29) is 22.1 Å². The number of hydrogen-bond acceptors (Lipinski definition) is 7. The van der Waals surface area contributed by atoms with Crippen LogP contribution in [0.5, 0.6) is 0 Å². The summed E-state index contributed by atoms with van der Waals surface area (Å²) in [6.07, 6.45) is -1.61. The number of hydrogen-bond donors (Lipinski definition) is 2. The minimum Gasteiger partial charge on any atom is -0.449 e. The van der Waals surface area contributed by atoms with E-state index in [9.17, 15) is 23.1 Å². The largest absolute Gasteiger partial charge is 0.449 e. The molecule has 0 radical (unpaired) electrons. The van der Waals surface area contributed by atoms with E-state index in [1.807, 2.05) is 0 Å². The normalized spacial score (nSPS) is 16.5. The van der Waals surface area contributed by atoms with Gasteiger partial charge in [-0.15, -0.1) is 0 Å². The molecule has 2 aromatic carbocycles. The van der Waals surface area contributed by atoms with Crippen LogP contribution in [0.2, 0.25) is 0 Å². The SMILES string of the molecule is CCN1CCN(C(=O)[C@@H](C)OC(=O)c2ccc(NS(=O)(=O)c3ccc([C@H](C)O)cc3)cc2)CC1. The van der Waals surface area contributed by atoms with Crippen LogP contribution in [-0.2, 0) is 19.6 Å². The van der Waals surface area contributed by atoms with E-state index >= 15 is 0 Å². The number of nitrogens with zero attached hydrogens (tertiary/aromatic N) is 2. The van der Waals surface area contributed by atoms with E-state index in [1.165, 1.54) is 36.4 Å². The number of esters is 1. The maximum atomic E-state index is 12.6. The monoisotopic (exact) mass is 489 g/mol. The number of ether oxygens (including phenoxy) is 1. The molecule has 0 bridgehead atoms. The van der Waals surface area contributed by atoms with E-state index in [0.717, 1.165) is 19.6 Å². The summed E-state index contributed by atoms with van der Waals surface area (Å²) in [5.74, 6) is -0.883. The lowest BCUT2D eigenvalue weighted by molar-refractivity contribution is -0.141. The van der Waals surface area contributed by atoms with Crippen LogP contribution < -0.4 is 4.72 Å². The lowest BCUT2D eigenvalue weighted by Crippen LogP contribution is -2.51. The third kappa shape index (κ3) is 6.34. The predicted octanol–water partition coefficient (Wildman–Crippen LogP) is 2.25. The first-order chi connectivity index (χ1) is 16.1. The van der Waals surface area contributed by atoms with Gasteiger partial charge in [-0.1, -0.05) is 19.1 Å². The highest BCUT2D eigenvalue weighted by Gasteiger charge is 2.27. The molecule has 1 aliphatic rings. The van der Waals surface area contributed by atoms with Gasteiger partial charge in [-0.2, -0.15) is 0 Å². The zero-order chi connectivity index (χ0) is 24.9. The van der Waals surface area contributed by atoms with Crippen molar-refractivity contribution in [1.82, 2.24) is 9.80 Å². The molecule has 1 heterocycles. The number of likely N-dealkylation sites (N-methyl/N-ethyl adjacent to an activating group) is 1. The molecule has 0 aliphatic carbocycles. The van der Waals surface area contributed by atoms with Crippen molar-refractivity contribution in [2.75, 3.05) is 37.4 Å². The summed E-state index contributed by atoms with van der Waals surface area (Å²) in [6.45, 7) is 8.96. The van der Waals surface area contributed by atoms with Crippen molar-refractivity contribution >= 4 is 27.6 Å². The average molecular weight is 490 g/mol. The van der Waals surface area contributed by atoms with Crippen LogP contribution in [0.25, 0.3) is 0 Å². The van der Waals surface area contributed by atoms with Crippen molar-refractivity contribution in [3.05, 3.63) is 59.7 Å². The maximum absolute atomic E-state index is 12.6. The van der Waals surface area contributed by atoms with Gasteiger partial charge in [-0.05, 0) is 62.4 Å². The Morgan fingerprint density at radius 1 is 1.00 bits per heavy atom. The molecule has 34 heavy (non-hydrogen) atoms. The number of aliphatic hydroxyl groups is 1. The number of amides is 1. The summed E-state index contributed by atoms with van der Waals surface area (Å²) in [7, 11) is -3.84. The fraction of sp³-hybridized carbons (Fsp3) is 0.417. The Kier molecular flexibility index (Phi) is 8.29. The van der Waals surface area contributed by atoms with Crippen molar-refractivity contribution in [2.45, 2.75) is 37.9 Å². The molecule has 184 valence electrons. The molecular formula is C24H31N3O6S. The minimum absolute atomic E-state index is 0.0486. The third-order valence-corrected chi connectivity index (χ3v) is 7.21. The van der Waals surface area contributed by atoms with Gasteiger partial charge in [0.2, 0.25) is 0 Å². The smallest absolute Gasteiger partial charge is 0.338 e. The Bertz CT molecular complexity index is 1090. The standard InChI is InChI=1S/C24H31N3O6S/c1-4-26-13-15-27(16-14-26)23(29)18(3)33-24(30)20-5-9-21(10-6-20)25-34(31,32)22-11-7-19(8-12-22)17(2)28/h5-12,17-18,25,28H,4,13-16H2,1-3H3/t17-,18+/m0/s1. The van der Waals surface area contributed by atoms with Crippen molar-refractivity contribution in [2.24, 2.45) is 0 Å². The fourth-order valence-corrected chi connectivity index (χ4v) is 4.69. The zero-order valence-corrected chi connectivity index (χ0v) is 20.4. The van der Waals surface area contributed by atoms with Crippen LogP contribution in [0.15, 0.2) is 53.4 Å². The molecule has 0 aromatic heterocycles. The summed E-state index contributed by atoms with van der Waals surface area (Å²) >= 11 is 0. The van der Waals surface area contributed by atoms with Gasteiger partial charge in [0, 0.05) is 31.9 Å². The molecule has 2 aromatic rings. The van der Waals surface area contributed by atoms with Crippen LogP contribution in [-0.4, -0.2) is 74.0 Å². The highest BCUT2D eigenvalue weighted by atomic mass is 32.2. The number of carbonyl (C=O) groups excluding carboxylic acids is 2. The Labute approximate surface area is 200 Å². The number of anilines is 1. The summed E-state index contributed by atoms with van der Waals surface area (Å²) in [5.41, 5.74) is 1.09. The summed E-state index contributed by atoms with van der Waals surface area (Å²) in [4.78, 5) is 29.1. The first-order valence-electron chi connectivity index (χ1n) is 11.2. The third-order valence-electron chi connectivity index (χ3n) is 5.81. The molecule has 0 spiro atoms. The van der Waals surface area contributed by atoms with Gasteiger partial charge < -0.3 is 19.6 Å².